The van der Waals surface area contributed by atoms with Crippen LogP contribution in [0.3, 0.4) is 0 Å². The molecule has 1 atom stereocenters. The molecule has 0 aromatic heterocycles. The molecule has 6 heteroatoms. The Kier molecular flexibility index (Phi) is 20.1. The molecule has 206 valence electrons. The number of likely N-dealkylation sites (tertiary alicyclic amines) is 1. The quantitative estimate of drug-likeness (QED) is 0.120. The van der Waals surface area contributed by atoms with Crippen molar-refractivity contribution >= 4 is 11.9 Å². The van der Waals surface area contributed by atoms with Crippen LogP contribution < -0.4 is 0 Å². The molecule has 1 aliphatic rings. The number of aliphatic hydroxyl groups is 1. The van der Waals surface area contributed by atoms with Crippen molar-refractivity contribution < 1.29 is 24.5 Å². The third-order valence-corrected chi connectivity index (χ3v) is 7.39. The van der Waals surface area contributed by atoms with Gasteiger partial charge >= 0.3 is 11.9 Å². The Morgan fingerprint density at radius 3 is 1.91 bits per heavy atom. The third kappa shape index (κ3) is 18.7. The molecule has 0 saturated carbocycles. The van der Waals surface area contributed by atoms with E-state index < -0.39 is 5.97 Å². The number of piperidine rings is 1. The molecule has 0 aliphatic carbocycles. The van der Waals surface area contributed by atoms with E-state index in [9.17, 15) is 9.59 Å². The minimum absolute atomic E-state index is 0.0135. The van der Waals surface area contributed by atoms with Crippen LogP contribution in [0.1, 0.15) is 135 Å². The maximum Gasteiger partial charge on any atom is 0.306 e. The van der Waals surface area contributed by atoms with E-state index in [1.54, 1.807) is 0 Å². The molecule has 0 aromatic carbocycles. The van der Waals surface area contributed by atoms with E-state index in [2.05, 4.69) is 11.8 Å². The van der Waals surface area contributed by atoms with Gasteiger partial charge in [-0.05, 0) is 70.4 Å². The molecule has 1 fully saturated rings. The highest BCUT2D eigenvalue weighted by Gasteiger charge is 2.23. The molecule has 0 spiro atoms. The molecular weight excluding hydrogens is 442 g/mol. The average Bonchev–Trinajstić information content (AvgIpc) is 2.84. The van der Waals surface area contributed by atoms with Gasteiger partial charge in [0.1, 0.15) is 6.10 Å². The molecule has 6 nitrogen and oxygen atoms in total. The highest BCUT2D eigenvalue weighted by molar-refractivity contribution is 5.69. The Labute approximate surface area is 215 Å². The summed E-state index contributed by atoms with van der Waals surface area (Å²) in [5.74, 6) is -0.286. The van der Waals surface area contributed by atoms with Gasteiger partial charge in [0, 0.05) is 26.0 Å². The lowest BCUT2D eigenvalue weighted by atomic mass is 9.93. The Morgan fingerprint density at radius 1 is 0.829 bits per heavy atom. The number of carboxylic acid groups (broad SMARTS) is 1. The number of carbonyl (C=O) groups is 2. The van der Waals surface area contributed by atoms with Crippen molar-refractivity contribution in [3.63, 3.8) is 0 Å². The Morgan fingerprint density at radius 2 is 1.37 bits per heavy atom. The summed E-state index contributed by atoms with van der Waals surface area (Å²) in [6.45, 7) is 5.48. The van der Waals surface area contributed by atoms with Crippen LogP contribution in [0.15, 0.2) is 0 Å². The molecule has 35 heavy (non-hydrogen) atoms. The van der Waals surface area contributed by atoms with Gasteiger partial charge in [-0.1, -0.05) is 71.1 Å². The van der Waals surface area contributed by atoms with Crippen LogP contribution in [-0.2, 0) is 14.3 Å². The van der Waals surface area contributed by atoms with E-state index in [0.29, 0.717) is 12.3 Å². The summed E-state index contributed by atoms with van der Waals surface area (Å²) in [5, 5.41) is 17.7. The minimum atomic E-state index is -0.702. The number of esters is 1. The van der Waals surface area contributed by atoms with Crippen LogP contribution in [0.2, 0.25) is 0 Å². The number of hydrogen-bond acceptors (Lipinski definition) is 5. The van der Waals surface area contributed by atoms with Crippen molar-refractivity contribution in [3.8, 4) is 0 Å². The van der Waals surface area contributed by atoms with Crippen LogP contribution in [0.4, 0.5) is 0 Å². The predicted molar refractivity (Wildman–Crippen MR) is 143 cm³/mol. The van der Waals surface area contributed by atoms with Crippen LogP contribution in [-0.4, -0.2) is 59.4 Å². The topological polar surface area (TPSA) is 87.1 Å². The van der Waals surface area contributed by atoms with Gasteiger partial charge in [-0.3, -0.25) is 9.59 Å². The molecule has 0 bridgehead atoms. The predicted octanol–water partition coefficient (Wildman–Crippen LogP) is 6.73. The van der Waals surface area contributed by atoms with Crippen LogP contribution in [0.25, 0.3) is 0 Å². The van der Waals surface area contributed by atoms with Crippen LogP contribution in [0, 0.1) is 5.92 Å². The molecule has 1 heterocycles. The second kappa shape index (κ2) is 22.1. The zero-order chi connectivity index (χ0) is 25.6. The van der Waals surface area contributed by atoms with Crippen molar-refractivity contribution in [1.82, 2.24) is 4.90 Å². The highest BCUT2D eigenvalue weighted by Crippen LogP contribution is 2.23. The first kappa shape index (κ1) is 31.9. The zero-order valence-corrected chi connectivity index (χ0v) is 22.7. The minimum Gasteiger partial charge on any atom is -0.481 e. The first-order chi connectivity index (χ1) is 17.0. The summed E-state index contributed by atoms with van der Waals surface area (Å²) in [6.07, 6.45) is 20.8. The average molecular weight is 498 g/mol. The number of ether oxygens (including phenoxy) is 1. The number of carboxylic acids is 1. The number of rotatable bonds is 23. The monoisotopic (exact) mass is 497 g/mol. The zero-order valence-electron chi connectivity index (χ0n) is 22.7. The van der Waals surface area contributed by atoms with Gasteiger partial charge in [0.15, 0.2) is 0 Å². The molecular formula is C29H55NO5. The van der Waals surface area contributed by atoms with E-state index in [1.165, 1.54) is 38.5 Å². The molecule has 2 N–H and O–H groups in total. The number of aliphatic carboxylic acids is 1. The van der Waals surface area contributed by atoms with E-state index in [-0.39, 0.29) is 25.1 Å². The van der Waals surface area contributed by atoms with Crippen molar-refractivity contribution in [2.45, 2.75) is 141 Å². The van der Waals surface area contributed by atoms with E-state index in [0.717, 1.165) is 96.7 Å². The van der Waals surface area contributed by atoms with Gasteiger partial charge in [0.25, 0.3) is 0 Å². The summed E-state index contributed by atoms with van der Waals surface area (Å²) in [4.78, 5) is 25.7. The number of aliphatic hydroxyl groups excluding tert-OH is 1. The Bertz CT molecular complexity index is 519. The first-order valence-corrected chi connectivity index (χ1v) is 14.8. The van der Waals surface area contributed by atoms with Crippen molar-refractivity contribution in [2.24, 2.45) is 5.92 Å². The lowest BCUT2D eigenvalue weighted by molar-refractivity contribution is -0.151. The number of hydrogen-bond donors (Lipinski definition) is 2. The lowest BCUT2D eigenvalue weighted by Crippen LogP contribution is -2.35. The fourth-order valence-electron chi connectivity index (χ4n) is 5.12. The van der Waals surface area contributed by atoms with Gasteiger partial charge in [0.05, 0.1) is 0 Å². The molecule has 0 radical (unpaired) electrons. The summed E-state index contributed by atoms with van der Waals surface area (Å²) in [5.41, 5.74) is 0. The Hall–Kier alpha value is -1.14. The third-order valence-electron chi connectivity index (χ3n) is 7.39. The van der Waals surface area contributed by atoms with Gasteiger partial charge in [-0.25, -0.2) is 0 Å². The molecule has 0 aromatic rings. The maximum absolute atomic E-state index is 12.7. The van der Waals surface area contributed by atoms with E-state index >= 15 is 0 Å². The maximum atomic E-state index is 12.7. The van der Waals surface area contributed by atoms with Crippen LogP contribution in [0.5, 0.6) is 0 Å². The number of unbranched alkanes of at least 4 members (excludes halogenated alkanes) is 11. The van der Waals surface area contributed by atoms with Gasteiger partial charge < -0.3 is 19.8 Å². The molecule has 1 aliphatic heterocycles. The standard InChI is InChI=1S/C29H55NO5/c1-2-3-4-5-6-9-12-16-27(17-13-10-7-8-11-14-18-28(32)33)35-29(34)25-26-19-22-30(23-20-26)21-15-24-31/h26-27,31H,2-25H2,1H3,(H,32,33). The Balaban J connectivity index is 2.29. The number of nitrogens with zero attached hydrogens (tertiary/aromatic N) is 1. The fraction of sp³-hybridized carbons (Fsp3) is 0.931. The molecule has 1 saturated heterocycles. The van der Waals surface area contributed by atoms with Crippen molar-refractivity contribution in [2.75, 3.05) is 26.2 Å². The van der Waals surface area contributed by atoms with Gasteiger partial charge in [-0.2, -0.15) is 0 Å². The van der Waals surface area contributed by atoms with E-state index in [1.807, 2.05) is 0 Å². The van der Waals surface area contributed by atoms with Gasteiger partial charge in [0.2, 0.25) is 0 Å². The van der Waals surface area contributed by atoms with E-state index in [4.69, 9.17) is 14.9 Å². The lowest BCUT2D eigenvalue weighted by Gasteiger charge is -2.31. The van der Waals surface area contributed by atoms with Gasteiger partial charge in [-0.15, -0.1) is 0 Å². The summed E-state index contributed by atoms with van der Waals surface area (Å²) in [6, 6.07) is 0. The second-order valence-corrected chi connectivity index (χ2v) is 10.6. The van der Waals surface area contributed by atoms with Crippen molar-refractivity contribution in [3.05, 3.63) is 0 Å². The van der Waals surface area contributed by atoms with Crippen LogP contribution >= 0.6 is 0 Å². The van der Waals surface area contributed by atoms with Crippen molar-refractivity contribution in [1.29, 1.82) is 0 Å². The molecule has 1 unspecified atom stereocenters. The largest absolute Gasteiger partial charge is 0.481 e. The molecule has 0 amide bonds. The summed E-state index contributed by atoms with van der Waals surface area (Å²) < 4.78 is 6.01. The normalized spacial score (nSPS) is 15.8. The second-order valence-electron chi connectivity index (χ2n) is 10.6. The summed E-state index contributed by atoms with van der Waals surface area (Å²) in [7, 11) is 0. The summed E-state index contributed by atoms with van der Waals surface area (Å²) >= 11 is 0. The smallest absolute Gasteiger partial charge is 0.306 e. The molecule has 1 rings (SSSR count). The first-order valence-electron chi connectivity index (χ1n) is 14.8. The fourth-order valence-corrected chi connectivity index (χ4v) is 5.12. The highest BCUT2D eigenvalue weighted by atomic mass is 16.5. The number of carbonyl (C=O) groups excluding carboxylic acids is 1. The SMILES string of the molecule is CCCCCCCCCC(CCCCCCCCC(=O)O)OC(=O)CC1CCN(CCCO)CC1.